The number of hydrogen-bond acceptors (Lipinski definition) is 1. The highest BCUT2D eigenvalue weighted by Crippen LogP contribution is 2.44. The Kier molecular flexibility index (Phi) is 2.23. The van der Waals surface area contributed by atoms with E-state index >= 15 is 0 Å². The van der Waals surface area contributed by atoms with Crippen LogP contribution in [0.4, 0.5) is 0 Å². The summed E-state index contributed by atoms with van der Waals surface area (Å²) in [5.41, 5.74) is 0. The summed E-state index contributed by atoms with van der Waals surface area (Å²) in [6.45, 7) is 0. The Morgan fingerprint density at radius 1 is 1.36 bits per heavy atom. The molecule has 0 aromatic carbocycles. The zero-order chi connectivity index (χ0) is 7.52. The van der Waals surface area contributed by atoms with E-state index in [-0.39, 0.29) is 0 Å². The second kappa shape index (κ2) is 3.36. The molecule has 1 aliphatic rings. The maximum Gasteiger partial charge on any atom is 0.0949 e. The largest absolute Gasteiger partial charge is 0.333 e. The van der Waals surface area contributed by atoms with Gasteiger partial charge in [0.2, 0.25) is 0 Å². The van der Waals surface area contributed by atoms with Gasteiger partial charge in [-0.25, -0.2) is 4.98 Å². The highest BCUT2D eigenvalue weighted by atomic mass is 31.1. The van der Waals surface area contributed by atoms with Crippen LogP contribution in [0.5, 0.6) is 0 Å². The van der Waals surface area contributed by atoms with E-state index in [4.69, 9.17) is 0 Å². The molecule has 2 nitrogen and oxygen atoms in total. The summed E-state index contributed by atoms with van der Waals surface area (Å²) in [7, 11) is 0.327. The second-order valence-electron chi connectivity index (χ2n) is 3.04. The first kappa shape index (κ1) is 7.30. The molecule has 0 saturated carbocycles. The maximum absolute atomic E-state index is 4.04. The quantitative estimate of drug-likeness (QED) is 0.618. The van der Waals surface area contributed by atoms with E-state index in [0.717, 1.165) is 0 Å². The molecule has 1 saturated heterocycles. The van der Waals surface area contributed by atoms with E-state index in [0.29, 0.717) is 7.92 Å². The molecule has 0 amide bonds. The molecule has 0 aliphatic carbocycles. The predicted octanol–water partition coefficient (Wildman–Crippen LogP) is 2.12. The molecular weight excluding hydrogens is 155 g/mol. The summed E-state index contributed by atoms with van der Waals surface area (Å²) in [4.78, 5) is 4.04. The van der Waals surface area contributed by atoms with E-state index in [1.165, 1.54) is 31.5 Å². The second-order valence-corrected chi connectivity index (χ2v) is 5.56. The van der Waals surface area contributed by atoms with Crippen molar-refractivity contribution in [2.45, 2.75) is 19.1 Å². The summed E-state index contributed by atoms with van der Waals surface area (Å²) in [6.07, 6.45) is 13.0. The van der Waals surface area contributed by atoms with Gasteiger partial charge in [-0.2, -0.15) is 0 Å². The van der Waals surface area contributed by atoms with Crippen LogP contribution in [0.1, 0.15) is 12.8 Å². The van der Waals surface area contributed by atoms with Crippen LogP contribution in [0.2, 0.25) is 0 Å². The van der Waals surface area contributed by atoms with Gasteiger partial charge in [0, 0.05) is 18.7 Å². The number of aromatic nitrogens is 2. The maximum atomic E-state index is 4.04. The van der Waals surface area contributed by atoms with E-state index in [1.54, 1.807) is 0 Å². The normalized spacial score (nSPS) is 19.3. The monoisotopic (exact) mass is 168 g/mol. The van der Waals surface area contributed by atoms with Crippen molar-refractivity contribution in [1.29, 1.82) is 0 Å². The average Bonchev–Trinajstić information content (AvgIpc) is 2.60. The lowest BCUT2D eigenvalue weighted by Gasteiger charge is -2.09. The summed E-state index contributed by atoms with van der Waals surface area (Å²) >= 11 is 0. The first-order valence-electron chi connectivity index (χ1n) is 4.13. The first-order valence-corrected chi connectivity index (χ1v) is 6.03. The van der Waals surface area contributed by atoms with Crippen LogP contribution in [0.3, 0.4) is 0 Å². The Bertz CT molecular complexity index is 202. The zero-order valence-corrected chi connectivity index (χ0v) is 7.50. The molecule has 2 rings (SSSR count). The lowest BCUT2D eigenvalue weighted by atomic mass is 10.4. The van der Waals surface area contributed by atoms with Gasteiger partial charge in [-0.3, -0.25) is 0 Å². The Hall–Kier alpha value is -0.360. The highest BCUT2D eigenvalue weighted by Gasteiger charge is 2.13. The fourth-order valence-electron chi connectivity index (χ4n) is 1.53. The molecule has 0 atom stereocenters. The molecule has 0 spiro atoms. The average molecular weight is 168 g/mol. The van der Waals surface area contributed by atoms with Crippen molar-refractivity contribution >= 4 is 7.92 Å². The van der Waals surface area contributed by atoms with Gasteiger partial charge in [0.15, 0.2) is 0 Å². The summed E-state index contributed by atoms with van der Waals surface area (Å²) in [6, 6.07) is 0. The van der Waals surface area contributed by atoms with Crippen molar-refractivity contribution in [2.24, 2.45) is 0 Å². The Morgan fingerprint density at radius 2 is 2.18 bits per heavy atom. The van der Waals surface area contributed by atoms with Crippen LogP contribution in [0.25, 0.3) is 0 Å². The topological polar surface area (TPSA) is 17.8 Å². The minimum atomic E-state index is 0.327. The number of nitrogens with zero attached hydrogens (tertiary/aromatic N) is 2. The van der Waals surface area contributed by atoms with Crippen LogP contribution in [0.15, 0.2) is 18.7 Å². The van der Waals surface area contributed by atoms with Crippen molar-refractivity contribution in [1.82, 2.24) is 9.55 Å². The van der Waals surface area contributed by atoms with Gasteiger partial charge in [0.05, 0.1) is 6.33 Å². The Morgan fingerprint density at radius 3 is 2.82 bits per heavy atom. The summed E-state index contributed by atoms with van der Waals surface area (Å²) in [5, 5.41) is 0. The van der Waals surface area contributed by atoms with Crippen molar-refractivity contribution in [2.75, 3.05) is 12.3 Å². The van der Waals surface area contributed by atoms with E-state index in [1.807, 2.05) is 12.5 Å². The van der Waals surface area contributed by atoms with Crippen LogP contribution in [0, 0.1) is 0 Å². The molecule has 1 aliphatic heterocycles. The third kappa shape index (κ3) is 1.81. The minimum Gasteiger partial charge on any atom is -0.333 e. The van der Waals surface area contributed by atoms with Gasteiger partial charge in [0.1, 0.15) is 0 Å². The molecule has 0 bridgehead atoms. The van der Waals surface area contributed by atoms with Crippen LogP contribution in [-0.4, -0.2) is 21.9 Å². The highest BCUT2D eigenvalue weighted by molar-refractivity contribution is 7.56. The van der Waals surface area contributed by atoms with Gasteiger partial charge in [0.25, 0.3) is 0 Å². The molecule has 1 aromatic heterocycles. The van der Waals surface area contributed by atoms with Crippen LogP contribution < -0.4 is 0 Å². The van der Waals surface area contributed by atoms with E-state index in [9.17, 15) is 0 Å². The van der Waals surface area contributed by atoms with Crippen LogP contribution in [-0.2, 0) is 6.29 Å². The number of rotatable bonds is 2. The summed E-state index contributed by atoms with van der Waals surface area (Å²) in [5.74, 6) is 0. The third-order valence-corrected chi connectivity index (χ3v) is 4.75. The molecule has 2 heterocycles. The molecule has 0 radical (unpaired) electrons. The lowest BCUT2D eigenvalue weighted by molar-refractivity contribution is 0.878. The lowest BCUT2D eigenvalue weighted by Crippen LogP contribution is -1.93. The smallest absolute Gasteiger partial charge is 0.0949 e. The molecule has 1 aromatic rings. The predicted molar refractivity (Wildman–Crippen MR) is 48.1 cm³/mol. The molecule has 11 heavy (non-hydrogen) atoms. The van der Waals surface area contributed by atoms with Crippen molar-refractivity contribution < 1.29 is 0 Å². The van der Waals surface area contributed by atoms with Crippen molar-refractivity contribution in [3.8, 4) is 0 Å². The first-order chi connectivity index (χ1) is 5.45. The zero-order valence-electron chi connectivity index (χ0n) is 6.61. The fraction of sp³-hybridized carbons (Fsp3) is 0.625. The molecular formula is C8H13N2P. The minimum absolute atomic E-state index is 0.327. The van der Waals surface area contributed by atoms with E-state index < -0.39 is 0 Å². The van der Waals surface area contributed by atoms with Crippen LogP contribution >= 0.6 is 7.92 Å². The molecule has 0 N–H and O–H groups in total. The number of hydrogen-bond donors (Lipinski definition) is 0. The van der Waals surface area contributed by atoms with Gasteiger partial charge >= 0.3 is 0 Å². The van der Waals surface area contributed by atoms with E-state index in [2.05, 4.69) is 15.7 Å². The molecule has 1 fully saturated rings. The fourth-order valence-corrected chi connectivity index (χ4v) is 4.00. The van der Waals surface area contributed by atoms with Gasteiger partial charge in [-0.15, -0.1) is 0 Å². The Balaban J connectivity index is 1.90. The third-order valence-electron chi connectivity index (χ3n) is 2.12. The standard InChI is InChI=1S/C8H13N2P/c1-2-6-11(5-1)8-10-4-3-9-7-10/h3-4,7H,1-2,5-6,8H2. The van der Waals surface area contributed by atoms with Crippen molar-refractivity contribution in [3.63, 3.8) is 0 Å². The molecule has 60 valence electrons. The molecule has 3 heteroatoms. The summed E-state index contributed by atoms with van der Waals surface area (Å²) < 4.78 is 2.22. The van der Waals surface area contributed by atoms with Crippen molar-refractivity contribution in [3.05, 3.63) is 18.7 Å². The SMILES string of the molecule is c1cn(CP2CCCC2)cn1. The Labute approximate surface area is 68.4 Å². The van der Waals surface area contributed by atoms with Gasteiger partial charge in [-0.1, -0.05) is 7.92 Å². The van der Waals surface area contributed by atoms with Gasteiger partial charge in [-0.05, 0) is 25.2 Å². The number of imidazole rings is 1. The van der Waals surface area contributed by atoms with Gasteiger partial charge < -0.3 is 4.57 Å². The molecule has 0 unspecified atom stereocenters.